The number of anilines is 1. The molecule has 1 aromatic heterocycles. The number of carbonyl (C=O) groups is 1. The summed E-state index contributed by atoms with van der Waals surface area (Å²) in [5.74, 6) is -0.0368. The molecule has 4 rings (SSSR count). The first kappa shape index (κ1) is 14.8. The quantitative estimate of drug-likeness (QED) is 0.695. The van der Waals surface area contributed by atoms with Gasteiger partial charge in [-0.1, -0.05) is 42.5 Å². The third-order valence-electron chi connectivity index (χ3n) is 4.35. The van der Waals surface area contributed by atoms with Gasteiger partial charge < -0.3 is 5.32 Å². The van der Waals surface area contributed by atoms with Gasteiger partial charge in [0.2, 0.25) is 5.91 Å². The van der Waals surface area contributed by atoms with E-state index in [-0.39, 0.29) is 18.0 Å². The zero-order valence-corrected chi connectivity index (χ0v) is 13.1. The van der Waals surface area contributed by atoms with Crippen molar-refractivity contribution in [3.8, 4) is 0 Å². The molecule has 3 N–H and O–H groups in total. The van der Waals surface area contributed by atoms with E-state index in [9.17, 15) is 4.79 Å². The molecule has 24 heavy (non-hydrogen) atoms. The molecule has 2 heterocycles. The van der Waals surface area contributed by atoms with Crippen LogP contribution in [0.5, 0.6) is 0 Å². The first-order valence-electron chi connectivity index (χ1n) is 8.01. The Balaban J connectivity index is 1.49. The number of fused-ring (bicyclic) bond motifs is 1. The zero-order valence-electron chi connectivity index (χ0n) is 13.1. The number of rotatable bonds is 3. The van der Waals surface area contributed by atoms with Gasteiger partial charge in [0.1, 0.15) is 6.04 Å². The second kappa shape index (κ2) is 6.39. The number of pyridine rings is 1. The molecule has 1 amide bonds. The molecule has 0 aliphatic carbocycles. The maximum atomic E-state index is 12.6. The van der Waals surface area contributed by atoms with Crippen molar-refractivity contribution < 1.29 is 4.79 Å². The number of nitrogens with one attached hydrogen (secondary N) is 3. The summed E-state index contributed by atoms with van der Waals surface area (Å²) in [7, 11) is 0. The van der Waals surface area contributed by atoms with Crippen LogP contribution in [0.25, 0.3) is 10.8 Å². The molecule has 1 saturated heterocycles. The molecular formula is C19H18N4O. The van der Waals surface area contributed by atoms with Crippen molar-refractivity contribution in [1.82, 2.24) is 15.8 Å². The summed E-state index contributed by atoms with van der Waals surface area (Å²) >= 11 is 0. The van der Waals surface area contributed by atoms with E-state index in [0.29, 0.717) is 6.42 Å². The Labute approximate surface area is 140 Å². The molecule has 3 aromatic rings. The van der Waals surface area contributed by atoms with Crippen LogP contribution in [0.15, 0.2) is 67.0 Å². The second-order valence-electron chi connectivity index (χ2n) is 5.93. The van der Waals surface area contributed by atoms with Crippen molar-refractivity contribution in [1.29, 1.82) is 0 Å². The normalized spacial score (nSPS) is 20.2. The predicted molar refractivity (Wildman–Crippen MR) is 94.2 cm³/mol. The van der Waals surface area contributed by atoms with Crippen LogP contribution < -0.4 is 16.2 Å². The lowest BCUT2D eigenvalue weighted by Crippen LogP contribution is -2.39. The van der Waals surface area contributed by atoms with E-state index in [1.54, 1.807) is 6.20 Å². The SMILES string of the molecule is O=C(Nc1cccc2ccccc12)C1CC(c2cccnc2)NN1. The van der Waals surface area contributed by atoms with E-state index in [1.807, 2.05) is 60.8 Å². The van der Waals surface area contributed by atoms with Crippen LogP contribution in [-0.2, 0) is 4.79 Å². The topological polar surface area (TPSA) is 66.0 Å². The van der Waals surface area contributed by atoms with Crippen LogP contribution in [0.1, 0.15) is 18.0 Å². The standard InChI is InChI=1S/C19H18N4O/c24-19(18-11-17(22-23-18)14-7-4-10-20-12-14)21-16-9-3-6-13-5-1-2-8-15(13)16/h1-10,12,17-18,22-23H,11H2,(H,21,24). The van der Waals surface area contributed by atoms with Crippen LogP contribution in [0.2, 0.25) is 0 Å². The molecular weight excluding hydrogens is 300 g/mol. The third-order valence-corrected chi connectivity index (χ3v) is 4.35. The second-order valence-corrected chi connectivity index (χ2v) is 5.93. The fourth-order valence-electron chi connectivity index (χ4n) is 3.08. The summed E-state index contributed by atoms with van der Waals surface area (Å²) < 4.78 is 0. The molecule has 0 saturated carbocycles. The average molecular weight is 318 g/mol. The number of nitrogens with zero attached hydrogens (tertiary/aromatic N) is 1. The summed E-state index contributed by atoms with van der Waals surface area (Å²) in [4.78, 5) is 16.7. The number of hydrogen-bond acceptors (Lipinski definition) is 4. The Kier molecular flexibility index (Phi) is 3.94. The molecule has 2 atom stereocenters. The molecule has 1 fully saturated rings. The number of aromatic nitrogens is 1. The van der Waals surface area contributed by atoms with Gasteiger partial charge in [-0.25, -0.2) is 10.9 Å². The van der Waals surface area contributed by atoms with Crippen molar-refractivity contribution in [2.75, 3.05) is 5.32 Å². The monoisotopic (exact) mass is 318 g/mol. The molecule has 120 valence electrons. The fourth-order valence-corrected chi connectivity index (χ4v) is 3.08. The Bertz CT molecular complexity index is 860. The molecule has 2 aromatic carbocycles. The van der Waals surface area contributed by atoms with Crippen molar-refractivity contribution >= 4 is 22.4 Å². The molecule has 5 heteroatoms. The molecule has 2 unspecified atom stereocenters. The number of hydrogen-bond donors (Lipinski definition) is 3. The summed E-state index contributed by atoms with van der Waals surface area (Å²) in [6.07, 6.45) is 4.25. The maximum absolute atomic E-state index is 12.6. The van der Waals surface area contributed by atoms with Crippen LogP contribution in [0, 0.1) is 0 Å². The Morgan fingerprint density at radius 1 is 1.04 bits per heavy atom. The molecule has 5 nitrogen and oxygen atoms in total. The number of benzene rings is 2. The van der Waals surface area contributed by atoms with Crippen molar-refractivity contribution in [3.63, 3.8) is 0 Å². The Morgan fingerprint density at radius 3 is 2.79 bits per heavy atom. The van der Waals surface area contributed by atoms with Crippen molar-refractivity contribution in [2.24, 2.45) is 0 Å². The van der Waals surface area contributed by atoms with Crippen LogP contribution in [0.3, 0.4) is 0 Å². The smallest absolute Gasteiger partial charge is 0.242 e. The largest absolute Gasteiger partial charge is 0.324 e. The Hall–Kier alpha value is -2.76. The predicted octanol–water partition coefficient (Wildman–Crippen LogP) is 2.78. The van der Waals surface area contributed by atoms with E-state index in [4.69, 9.17) is 0 Å². The van der Waals surface area contributed by atoms with E-state index < -0.39 is 0 Å². The van der Waals surface area contributed by atoms with Gasteiger partial charge in [0.05, 0.1) is 0 Å². The van der Waals surface area contributed by atoms with E-state index in [2.05, 4.69) is 21.2 Å². The lowest BCUT2D eigenvalue weighted by atomic mass is 10.0. The van der Waals surface area contributed by atoms with Crippen molar-refractivity contribution in [2.45, 2.75) is 18.5 Å². The molecule has 0 spiro atoms. The average Bonchev–Trinajstić information content (AvgIpc) is 3.13. The highest BCUT2D eigenvalue weighted by atomic mass is 16.2. The van der Waals surface area contributed by atoms with Gasteiger partial charge >= 0.3 is 0 Å². The lowest BCUT2D eigenvalue weighted by Gasteiger charge is -2.12. The minimum Gasteiger partial charge on any atom is -0.324 e. The van der Waals surface area contributed by atoms with Gasteiger partial charge in [0, 0.05) is 29.5 Å². The zero-order chi connectivity index (χ0) is 16.4. The lowest BCUT2D eigenvalue weighted by molar-refractivity contribution is -0.117. The number of amides is 1. The van der Waals surface area contributed by atoms with E-state index in [1.165, 1.54) is 0 Å². The first-order valence-corrected chi connectivity index (χ1v) is 8.01. The summed E-state index contributed by atoms with van der Waals surface area (Å²) in [6, 6.07) is 17.7. The highest BCUT2D eigenvalue weighted by Gasteiger charge is 2.30. The number of hydrazine groups is 1. The summed E-state index contributed by atoms with van der Waals surface area (Å²) in [5.41, 5.74) is 8.17. The Morgan fingerprint density at radius 2 is 1.92 bits per heavy atom. The van der Waals surface area contributed by atoms with Gasteiger partial charge in [-0.2, -0.15) is 0 Å². The van der Waals surface area contributed by atoms with Gasteiger partial charge in [-0.05, 0) is 29.5 Å². The number of carbonyl (C=O) groups excluding carboxylic acids is 1. The van der Waals surface area contributed by atoms with Crippen LogP contribution >= 0.6 is 0 Å². The molecule has 1 aliphatic rings. The minimum absolute atomic E-state index is 0.0368. The fraction of sp³-hybridized carbons (Fsp3) is 0.158. The summed E-state index contributed by atoms with van der Waals surface area (Å²) in [6.45, 7) is 0. The van der Waals surface area contributed by atoms with Crippen molar-refractivity contribution in [3.05, 3.63) is 72.6 Å². The van der Waals surface area contributed by atoms with Gasteiger partial charge in [0.15, 0.2) is 0 Å². The first-order chi connectivity index (χ1) is 11.8. The maximum Gasteiger partial charge on any atom is 0.242 e. The van der Waals surface area contributed by atoms with Gasteiger partial charge in [-0.3, -0.25) is 9.78 Å². The third kappa shape index (κ3) is 2.87. The van der Waals surface area contributed by atoms with Gasteiger partial charge in [0.25, 0.3) is 0 Å². The highest BCUT2D eigenvalue weighted by molar-refractivity contribution is 6.03. The highest BCUT2D eigenvalue weighted by Crippen LogP contribution is 2.25. The summed E-state index contributed by atoms with van der Waals surface area (Å²) in [5, 5.41) is 5.20. The van der Waals surface area contributed by atoms with E-state index >= 15 is 0 Å². The molecule has 0 bridgehead atoms. The molecule has 1 aliphatic heterocycles. The van der Waals surface area contributed by atoms with E-state index in [0.717, 1.165) is 22.0 Å². The van der Waals surface area contributed by atoms with Crippen LogP contribution in [0.4, 0.5) is 5.69 Å². The minimum atomic E-state index is -0.283. The van der Waals surface area contributed by atoms with Gasteiger partial charge in [-0.15, -0.1) is 0 Å². The van der Waals surface area contributed by atoms with Crippen LogP contribution in [-0.4, -0.2) is 16.9 Å². The molecule has 0 radical (unpaired) electrons.